The Balaban J connectivity index is 1.69. The lowest BCUT2D eigenvalue weighted by molar-refractivity contribution is 0.0244. The molecule has 0 aliphatic carbocycles. The lowest BCUT2D eigenvalue weighted by atomic mass is 9.93. The maximum absolute atomic E-state index is 12.7. The molecular formula is C19H20N3O3+. The van der Waals surface area contributed by atoms with E-state index in [4.69, 9.17) is 4.74 Å². The summed E-state index contributed by atoms with van der Waals surface area (Å²) in [6.45, 7) is 0.868. The van der Waals surface area contributed by atoms with Gasteiger partial charge in [0.1, 0.15) is 17.2 Å². The first-order valence-electron chi connectivity index (χ1n) is 8.16. The summed E-state index contributed by atoms with van der Waals surface area (Å²) in [6, 6.07) is 15.4. The van der Waals surface area contributed by atoms with E-state index < -0.39 is 5.60 Å². The number of rotatable bonds is 3. The van der Waals surface area contributed by atoms with Crippen molar-refractivity contribution in [2.45, 2.75) is 18.4 Å². The number of aromatic nitrogens is 1. The predicted octanol–water partition coefficient (Wildman–Crippen LogP) is 2.80. The van der Waals surface area contributed by atoms with Crippen LogP contribution in [-0.2, 0) is 0 Å². The van der Waals surface area contributed by atoms with E-state index in [2.05, 4.69) is 15.9 Å². The van der Waals surface area contributed by atoms with Crippen LogP contribution in [0.5, 0.6) is 11.5 Å². The molecule has 1 saturated heterocycles. The molecule has 1 amide bonds. The van der Waals surface area contributed by atoms with Gasteiger partial charge in [-0.05, 0) is 18.2 Å². The third-order valence-corrected chi connectivity index (χ3v) is 4.13. The number of ether oxygens (including phenoxy) is 1. The number of carbonyl (C=O) groups is 1. The van der Waals surface area contributed by atoms with Crippen LogP contribution in [0.1, 0.15) is 23.3 Å². The molecule has 0 atom stereocenters. The third kappa shape index (κ3) is 4.14. The number of likely N-dealkylation sites (tertiary alicyclic amines) is 1. The van der Waals surface area contributed by atoms with Crippen molar-refractivity contribution in [1.29, 1.82) is 0 Å². The number of amides is 1. The first-order chi connectivity index (χ1) is 12.1. The highest BCUT2D eigenvalue weighted by Gasteiger charge is 2.37. The Bertz CT molecular complexity index is 803. The van der Waals surface area contributed by atoms with E-state index in [0.29, 0.717) is 43.1 Å². The molecule has 1 aliphatic rings. The molecule has 6 heteroatoms. The number of carbonyl (C=O) groups excluding carboxylic acids is 1. The summed E-state index contributed by atoms with van der Waals surface area (Å²) in [4.78, 5) is 22.3. The molecule has 1 N–H and O–H groups in total. The highest BCUT2D eigenvalue weighted by molar-refractivity contribution is 5.92. The van der Waals surface area contributed by atoms with Crippen LogP contribution >= 0.6 is 0 Å². The molecule has 0 radical (unpaired) electrons. The number of nitrogens with zero attached hydrogens (tertiary/aromatic N) is 3. The van der Waals surface area contributed by atoms with E-state index in [1.807, 2.05) is 30.3 Å². The smallest absolute Gasteiger partial charge is 0.307 e. The van der Waals surface area contributed by atoms with E-state index in [-0.39, 0.29) is 5.91 Å². The summed E-state index contributed by atoms with van der Waals surface area (Å²) < 4.78 is 5.75. The summed E-state index contributed by atoms with van der Waals surface area (Å²) in [6.07, 6.45) is 2.38. The molecule has 0 saturated carbocycles. The first-order valence-corrected chi connectivity index (χ1v) is 8.16. The average molecular weight is 338 g/mol. The van der Waals surface area contributed by atoms with Gasteiger partial charge in [0.05, 0.1) is 0 Å². The lowest BCUT2D eigenvalue weighted by Gasteiger charge is -2.32. The number of aliphatic hydroxyl groups is 1. The van der Waals surface area contributed by atoms with Crippen LogP contribution in [0, 0.1) is 6.07 Å². The number of benzene rings is 1. The van der Waals surface area contributed by atoms with Crippen LogP contribution in [0.15, 0.2) is 48.7 Å². The van der Waals surface area contributed by atoms with Gasteiger partial charge in [-0.2, -0.15) is 0 Å². The predicted molar refractivity (Wildman–Crippen MR) is 94.0 cm³/mol. The minimum atomic E-state index is -1.04. The zero-order valence-corrected chi connectivity index (χ0v) is 14.1. The van der Waals surface area contributed by atoms with Crippen LogP contribution < -0.4 is 4.74 Å². The van der Waals surface area contributed by atoms with E-state index >= 15 is 0 Å². The molecule has 1 fully saturated rings. The Hall–Kier alpha value is -2.91. The summed E-state index contributed by atoms with van der Waals surface area (Å²) in [5, 5.41) is 10.3. The number of piperidine rings is 1. The third-order valence-electron chi connectivity index (χ3n) is 4.13. The van der Waals surface area contributed by atoms with Gasteiger partial charge in [0.2, 0.25) is 5.60 Å². The monoisotopic (exact) mass is 338 g/mol. The Morgan fingerprint density at radius 2 is 1.96 bits per heavy atom. The van der Waals surface area contributed by atoms with Crippen molar-refractivity contribution >= 4 is 5.91 Å². The minimum Gasteiger partial charge on any atom is -0.457 e. The highest BCUT2D eigenvalue weighted by atomic mass is 16.5. The second-order valence-corrected chi connectivity index (χ2v) is 5.95. The van der Waals surface area contributed by atoms with Crippen LogP contribution in [0.25, 0.3) is 4.85 Å². The highest BCUT2D eigenvalue weighted by Crippen LogP contribution is 2.24. The van der Waals surface area contributed by atoms with Gasteiger partial charge in [-0.3, -0.25) is 9.78 Å². The largest absolute Gasteiger partial charge is 0.457 e. The average Bonchev–Trinajstić information content (AvgIpc) is 2.63. The minimum absolute atomic E-state index is 0.172. The van der Waals surface area contributed by atoms with E-state index in [9.17, 15) is 9.90 Å². The van der Waals surface area contributed by atoms with Gasteiger partial charge in [-0.1, -0.05) is 23.0 Å². The fourth-order valence-electron chi connectivity index (χ4n) is 2.78. The Labute approximate surface area is 146 Å². The standard InChI is InChI=1S/C19H20N3O3/c1-20-14-19(24)8-11-22(12-9-19)18(23)17-13-16(7-10-21-17)25-15-5-3-2-4-6-15/h2-7,10,13,24H,8-9,11-12H2,1H3/q+1. The van der Waals surface area contributed by atoms with Crippen molar-refractivity contribution in [2.75, 3.05) is 20.1 Å². The SMILES string of the molecule is C[N+]#CC1(O)CCN(C(=O)c2cc(Oc3ccccc3)ccn2)CC1. The van der Waals surface area contributed by atoms with Crippen LogP contribution in [-0.4, -0.2) is 46.6 Å². The molecule has 1 aromatic heterocycles. The van der Waals surface area contributed by atoms with Crippen molar-refractivity contribution in [3.8, 4) is 17.6 Å². The Morgan fingerprint density at radius 3 is 2.64 bits per heavy atom. The maximum atomic E-state index is 12.7. The molecule has 6 nitrogen and oxygen atoms in total. The van der Waals surface area contributed by atoms with Gasteiger partial charge in [0.15, 0.2) is 0 Å². The fourth-order valence-corrected chi connectivity index (χ4v) is 2.78. The number of hydrogen-bond donors (Lipinski definition) is 1. The van der Waals surface area contributed by atoms with Crippen molar-refractivity contribution in [3.05, 3.63) is 59.2 Å². The molecule has 1 aromatic carbocycles. The van der Waals surface area contributed by atoms with Gasteiger partial charge >= 0.3 is 6.07 Å². The molecular weight excluding hydrogens is 318 g/mol. The van der Waals surface area contributed by atoms with Gasteiger partial charge < -0.3 is 14.7 Å². The summed E-state index contributed by atoms with van der Waals surface area (Å²) in [7, 11) is 1.58. The topological polar surface area (TPSA) is 67.0 Å². The quantitative estimate of drug-likeness (QED) is 0.874. The molecule has 1 aliphatic heterocycles. The van der Waals surface area contributed by atoms with Gasteiger partial charge in [-0.25, -0.2) is 0 Å². The van der Waals surface area contributed by atoms with Crippen molar-refractivity contribution in [3.63, 3.8) is 0 Å². The molecule has 0 unspecified atom stereocenters. The van der Waals surface area contributed by atoms with Gasteiger partial charge in [0, 0.05) is 38.2 Å². The van der Waals surface area contributed by atoms with Crippen molar-refractivity contribution in [2.24, 2.45) is 0 Å². The zero-order valence-electron chi connectivity index (χ0n) is 14.1. The molecule has 0 bridgehead atoms. The summed E-state index contributed by atoms with van der Waals surface area (Å²) >= 11 is 0. The maximum Gasteiger partial charge on any atom is 0.307 e. The molecule has 2 heterocycles. The summed E-state index contributed by atoms with van der Waals surface area (Å²) in [5.74, 6) is 1.09. The fraction of sp³-hybridized carbons (Fsp3) is 0.316. The second-order valence-electron chi connectivity index (χ2n) is 5.95. The van der Waals surface area contributed by atoms with E-state index in [1.165, 1.54) is 0 Å². The first kappa shape index (κ1) is 16.9. The Morgan fingerprint density at radius 1 is 1.24 bits per heavy atom. The van der Waals surface area contributed by atoms with E-state index in [1.54, 1.807) is 30.3 Å². The zero-order chi connectivity index (χ0) is 17.7. The molecule has 128 valence electrons. The molecule has 25 heavy (non-hydrogen) atoms. The van der Waals surface area contributed by atoms with Crippen molar-refractivity contribution < 1.29 is 14.6 Å². The van der Waals surface area contributed by atoms with Gasteiger partial charge in [0.25, 0.3) is 13.0 Å². The summed E-state index contributed by atoms with van der Waals surface area (Å²) in [5.41, 5.74) is -0.718. The van der Waals surface area contributed by atoms with Gasteiger partial charge in [-0.15, -0.1) is 0 Å². The Kier molecular flexibility index (Phi) is 4.96. The van der Waals surface area contributed by atoms with Crippen LogP contribution in [0.4, 0.5) is 0 Å². The molecule has 3 rings (SSSR count). The number of hydrogen-bond acceptors (Lipinski definition) is 4. The van der Waals surface area contributed by atoms with E-state index in [0.717, 1.165) is 0 Å². The molecule has 2 aromatic rings. The number of pyridine rings is 1. The normalized spacial score (nSPS) is 15.8. The van der Waals surface area contributed by atoms with Crippen molar-refractivity contribution in [1.82, 2.24) is 9.88 Å². The molecule has 0 spiro atoms. The second kappa shape index (κ2) is 7.32. The lowest BCUT2D eigenvalue weighted by Crippen LogP contribution is -2.46. The van der Waals surface area contributed by atoms with Crippen LogP contribution in [0.3, 0.4) is 0 Å². The van der Waals surface area contributed by atoms with Crippen LogP contribution in [0.2, 0.25) is 0 Å². The number of para-hydroxylation sites is 1.